The molecule has 0 spiro atoms. The van der Waals surface area contributed by atoms with E-state index in [-0.39, 0.29) is 0 Å². The Kier molecular flexibility index (Phi) is 8.19. The van der Waals surface area contributed by atoms with E-state index >= 15 is 0 Å². The van der Waals surface area contributed by atoms with Crippen LogP contribution in [0.15, 0.2) is 176 Å². The zero-order valence-corrected chi connectivity index (χ0v) is 31.6. The van der Waals surface area contributed by atoms with Crippen molar-refractivity contribution in [1.82, 2.24) is 9.55 Å². The second-order valence-electron chi connectivity index (χ2n) is 14.6. The Morgan fingerprint density at radius 2 is 1.11 bits per heavy atom. The lowest BCUT2D eigenvalue weighted by Crippen LogP contribution is -2.00. The van der Waals surface area contributed by atoms with Gasteiger partial charge in [0.2, 0.25) is 0 Å². The molecule has 0 radical (unpaired) electrons. The van der Waals surface area contributed by atoms with Gasteiger partial charge in [-0.1, -0.05) is 171 Å². The van der Waals surface area contributed by atoms with Crippen molar-refractivity contribution in [3.63, 3.8) is 0 Å². The summed E-state index contributed by atoms with van der Waals surface area (Å²) in [5.41, 5.74) is 12.6. The molecule has 0 unspecified atom stereocenters. The van der Waals surface area contributed by atoms with Crippen molar-refractivity contribution < 1.29 is 0 Å². The van der Waals surface area contributed by atoms with E-state index < -0.39 is 0 Å². The van der Waals surface area contributed by atoms with E-state index in [9.17, 15) is 0 Å². The Bertz CT molecular complexity index is 3140. The molecule has 266 valence electrons. The predicted octanol–water partition coefficient (Wildman–Crippen LogP) is 14.9. The minimum Gasteiger partial charge on any atom is -0.292 e. The van der Waals surface area contributed by atoms with Crippen LogP contribution in [0.5, 0.6) is 0 Å². The highest BCUT2D eigenvalue weighted by Gasteiger charge is 2.23. The van der Waals surface area contributed by atoms with Crippen LogP contribution in [0.3, 0.4) is 0 Å². The summed E-state index contributed by atoms with van der Waals surface area (Å²) in [7, 11) is 0. The minimum absolute atomic E-state index is 0.901. The number of aromatic nitrogens is 2. The number of hydrogen-bond donors (Lipinski definition) is 0. The maximum absolute atomic E-state index is 5.55. The van der Waals surface area contributed by atoms with Gasteiger partial charge in [-0.25, -0.2) is 4.98 Å². The average molecular weight is 717 g/mol. The molecule has 0 aliphatic rings. The van der Waals surface area contributed by atoms with Crippen LogP contribution in [0.25, 0.3) is 106 Å². The van der Waals surface area contributed by atoms with E-state index in [1.807, 2.05) is 6.08 Å². The summed E-state index contributed by atoms with van der Waals surface area (Å²) in [6.07, 6.45) is 7.33. The lowest BCUT2D eigenvalue weighted by Gasteiger charge is -2.19. The molecule has 0 N–H and O–H groups in total. The summed E-state index contributed by atoms with van der Waals surface area (Å²) >= 11 is 0. The largest absolute Gasteiger partial charge is 0.292 e. The van der Waals surface area contributed by atoms with Gasteiger partial charge in [-0.05, 0) is 109 Å². The fourth-order valence-corrected chi connectivity index (χ4v) is 8.87. The molecule has 10 aromatic rings. The van der Waals surface area contributed by atoms with Gasteiger partial charge in [-0.2, -0.15) is 0 Å². The third kappa shape index (κ3) is 5.29. The maximum Gasteiger partial charge on any atom is 0.145 e. The van der Waals surface area contributed by atoms with Crippen molar-refractivity contribution in [2.45, 2.75) is 20.3 Å². The number of fused-ring (bicyclic) bond motifs is 6. The Hall–Kier alpha value is -7.03. The van der Waals surface area contributed by atoms with Crippen LogP contribution in [-0.2, 0) is 6.42 Å². The van der Waals surface area contributed by atoms with Crippen LogP contribution in [0.4, 0.5) is 0 Å². The van der Waals surface area contributed by atoms with E-state index in [0.29, 0.717) is 0 Å². The molecule has 0 saturated carbocycles. The van der Waals surface area contributed by atoms with Crippen LogP contribution in [-0.4, -0.2) is 9.55 Å². The van der Waals surface area contributed by atoms with Gasteiger partial charge in [0.25, 0.3) is 0 Å². The summed E-state index contributed by atoms with van der Waals surface area (Å²) in [4.78, 5) is 5.55. The number of allylic oxidation sites excluding steroid dienone is 1. The minimum atomic E-state index is 0.901. The molecule has 0 bridgehead atoms. The molecule has 0 aliphatic heterocycles. The lowest BCUT2D eigenvalue weighted by molar-refractivity contribution is 1.10. The van der Waals surface area contributed by atoms with Crippen LogP contribution in [0.1, 0.15) is 30.5 Å². The standard InChI is InChI=1S/C54H40N2/c1-4-17-49-42(6-3)43-22-10-15-27-48(43)52-53(49)56(41-20-8-7-9-21-41)54(55-52)40-19-16-18-38(34-40)50-44-23-11-13-25-46(44)51(47-26-14-12-24-45(47)50)39-31-30-36-32-35(5-2)28-29-37(36)33-39/h4,6-34H,3,5H2,1-2H3/b17-4-. The summed E-state index contributed by atoms with van der Waals surface area (Å²) in [5.74, 6) is 0.901. The monoisotopic (exact) mass is 716 g/mol. The molecule has 56 heavy (non-hydrogen) atoms. The maximum atomic E-state index is 5.55. The number of rotatable bonds is 7. The second kappa shape index (κ2) is 13.7. The van der Waals surface area contributed by atoms with Crippen LogP contribution < -0.4 is 0 Å². The second-order valence-corrected chi connectivity index (χ2v) is 14.6. The van der Waals surface area contributed by atoms with E-state index in [4.69, 9.17) is 4.98 Å². The molecule has 0 amide bonds. The smallest absolute Gasteiger partial charge is 0.145 e. The molecule has 10 rings (SSSR count). The number of hydrogen-bond acceptors (Lipinski definition) is 1. The Morgan fingerprint density at radius 3 is 1.75 bits per heavy atom. The molecule has 0 aliphatic carbocycles. The molecular formula is C54H40N2. The number of imidazole rings is 1. The highest BCUT2D eigenvalue weighted by Crippen LogP contribution is 2.45. The molecule has 0 atom stereocenters. The summed E-state index contributed by atoms with van der Waals surface area (Å²) in [6, 6.07) is 59.8. The average Bonchev–Trinajstić information content (AvgIpc) is 3.67. The van der Waals surface area contributed by atoms with Crippen molar-refractivity contribution in [3.05, 3.63) is 193 Å². The first kappa shape index (κ1) is 33.5. The Balaban J connectivity index is 1.25. The highest BCUT2D eigenvalue weighted by molar-refractivity contribution is 6.22. The normalized spacial score (nSPS) is 11.8. The third-order valence-electron chi connectivity index (χ3n) is 11.4. The van der Waals surface area contributed by atoms with Gasteiger partial charge in [-0.15, -0.1) is 0 Å². The van der Waals surface area contributed by atoms with Gasteiger partial charge >= 0.3 is 0 Å². The molecule has 0 saturated heterocycles. The zero-order chi connectivity index (χ0) is 37.8. The zero-order valence-electron chi connectivity index (χ0n) is 31.6. The number of para-hydroxylation sites is 1. The first-order chi connectivity index (χ1) is 27.7. The molecule has 0 fully saturated rings. The van der Waals surface area contributed by atoms with Crippen LogP contribution in [0.2, 0.25) is 0 Å². The Morgan fingerprint density at radius 1 is 0.536 bits per heavy atom. The van der Waals surface area contributed by atoms with E-state index in [2.05, 4.69) is 201 Å². The quantitative estimate of drug-likeness (QED) is 0.150. The lowest BCUT2D eigenvalue weighted by atomic mass is 9.85. The van der Waals surface area contributed by atoms with Gasteiger partial charge in [-0.3, -0.25) is 4.57 Å². The molecule has 2 heteroatoms. The van der Waals surface area contributed by atoms with Gasteiger partial charge in [0, 0.05) is 22.2 Å². The van der Waals surface area contributed by atoms with Gasteiger partial charge < -0.3 is 0 Å². The highest BCUT2D eigenvalue weighted by atomic mass is 15.1. The molecule has 1 heterocycles. The molecule has 2 nitrogen and oxygen atoms in total. The van der Waals surface area contributed by atoms with Crippen LogP contribution in [0, 0.1) is 0 Å². The van der Waals surface area contributed by atoms with Crippen molar-refractivity contribution in [2.24, 2.45) is 0 Å². The first-order valence-electron chi connectivity index (χ1n) is 19.5. The Labute approximate surface area is 327 Å². The molecule has 1 aromatic heterocycles. The van der Waals surface area contributed by atoms with E-state index in [1.54, 1.807) is 0 Å². The van der Waals surface area contributed by atoms with E-state index in [0.717, 1.165) is 62.0 Å². The van der Waals surface area contributed by atoms with Gasteiger partial charge in [0.15, 0.2) is 0 Å². The van der Waals surface area contributed by atoms with Crippen LogP contribution >= 0.6 is 0 Å². The fourth-order valence-electron chi connectivity index (χ4n) is 8.87. The van der Waals surface area contributed by atoms with Gasteiger partial charge in [0.05, 0.1) is 11.0 Å². The summed E-state index contributed by atoms with van der Waals surface area (Å²) in [6.45, 7) is 8.56. The van der Waals surface area contributed by atoms with Crippen molar-refractivity contribution in [3.8, 4) is 39.3 Å². The predicted molar refractivity (Wildman–Crippen MR) is 242 cm³/mol. The van der Waals surface area contributed by atoms with Crippen molar-refractivity contribution >= 4 is 66.3 Å². The SMILES string of the molecule is C=Cc1c(/C=C\C)c2c(nc(-c3cccc(-c4c5ccccc5c(-c5ccc6cc(CC)ccc6c5)c5ccccc45)c3)n2-c2ccccc2)c2ccccc12. The summed E-state index contributed by atoms with van der Waals surface area (Å²) < 4.78 is 2.34. The number of nitrogens with zero attached hydrogens (tertiary/aromatic N) is 2. The number of benzene rings is 9. The topological polar surface area (TPSA) is 17.8 Å². The fraction of sp³-hybridized carbons (Fsp3) is 0.0556. The summed E-state index contributed by atoms with van der Waals surface area (Å²) in [5, 5.41) is 9.75. The third-order valence-corrected chi connectivity index (χ3v) is 11.4. The molecular weight excluding hydrogens is 677 g/mol. The van der Waals surface area contributed by atoms with Gasteiger partial charge in [0.1, 0.15) is 5.82 Å². The van der Waals surface area contributed by atoms with Crippen molar-refractivity contribution in [2.75, 3.05) is 0 Å². The number of aryl methyl sites for hydroxylation is 1. The first-order valence-corrected chi connectivity index (χ1v) is 19.5. The van der Waals surface area contributed by atoms with Crippen molar-refractivity contribution in [1.29, 1.82) is 0 Å². The molecule has 9 aromatic carbocycles. The van der Waals surface area contributed by atoms with E-state index in [1.165, 1.54) is 54.6 Å².